The van der Waals surface area contributed by atoms with Gasteiger partial charge in [0.2, 0.25) is 0 Å². The summed E-state index contributed by atoms with van der Waals surface area (Å²) in [5, 5.41) is 11.2. The van der Waals surface area contributed by atoms with Gasteiger partial charge in [-0.3, -0.25) is 4.68 Å². The summed E-state index contributed by atoms with van der Waals surface area (Å²) in [6.07, 6.45) is 0.911. The number of ether oxygens (including phenoxy) is 1. The summed E-state index contributed by atoms with van der Waals surface area (Å²) in [7, 11) is 1.83. The van der Waals surface area contributed by atoms with Crippen LogP contribution in [0.15, 0.2) is 97.2 Å². The molecule has 1 aliphatic rings. The lowest BCUT2D eigenvalue weighted by Crippen LogP contribution is -2.39. The third kappa shape index (κ3) is 4.90. The van der Waals surface area contributed by atoms with Gasteiger partial charge < -0.3 is 26.0 Å². The fraction of sp³-hybridized carbons (Fsp3) is 0.207. The highest BCUT2D eigenvalue weighted by Crippen LogP contribution is 2.41. The molecular weight excluding hydrogens is 480 g/mol. The maximum absolute atomic E-state index is 13.2. The molecule has 2 heterocycles. The lowest BCUT2D eigenvalue weighted by molar-refractivity contribution is 0.111. The van der Waals surface area contributed by atoms with E-state index in [1.807, 2.05) is 61.6 Å². The van der Waals surface area contributed by atoms with Gasteiger partial charge in [0.1, 0.15) is 23.1 Å². The molecule has 1 aromatic heterocycles. The van der Waals surface area contributed by atoms with Gasteiger partial charge in [0, 0.05) is 20.0 Å². The summed E-state index contributed by atoms with van der Waals surface area (Å²) in [5.74, 6) is 0.638. The highest BCUT2D eigenvalue weighted by molar-refractivity contribution is 5.92. The van der Waals surface area contributed by atoms with Crippen molar-refractivity contribution in [3.8, 4) is 0 Å². The molecule has 1 fully saturated rings. The number of hydrogen-bond donors (Lipinski definition) is 3. The number of aromatic nitrogens is 2. The normalized spacial score (nSPS) is 15.2. The molecule has 0 aliphatic carbocycles. The number of nitrogens with two attached hydrogens (primary N) is 1. The zero-order valence-electron chi connectivity index (χ0n) is 21.1. The molecule has 9 nitrogen and oxygen atoms in total. The van der Waals surface area contributed by atoms with Gasteiger partial charge in [-0.05, 0) is 16.7 Å². The van der Waals surface area contributed by atoms with E-state index in [0.717, 1.165) is 16.7 Å². The minimum Gasteiger partial charge on any atom is -0.444 e. The van der Waals surface area contributed by atoms with Crippen LogP contribution in [-0.2, 0) is 17.3 Å². The summed E-state index contributed by atoms with van der Waals surface area (Å²) in [6, 6.07) is 30.3. The number of benzene rings is 3. The van der Waals surface area contributed by atoms with Gasteiger partial charge in [-0.1, -0.05) is 91.0 Å². The van der Waals surface area contributed by atoms with E-state index >= 15 is 0 Å². The van der Waals surface area contributed by atoms with Crippen LogP contribution in [0.4, 0.5) is 21.1 Å². The van der Waals surface area contributed by atoms with Gasteiger partial charge in [0.05, 0.1) is 12.7 Å². The number of urea groups is 1. The van der Waals surface area contributed by atoms with E-state index < -0.39 is 17.7 Å². The first-order chi connectivity index (χ1) is 18.5. The molecule has 1 atom stereocenters. The Morgan fingerprint density at radius 1 is 0.921 bits per heavy atom. The molecular formula is C29H30N6O3. The van der Waals surface area contributed by atoms with Gasteiger partial charge in [-0.2, -0.15) is 5.10 Å². The van der Waals surface area contributed by atoms with Crippen LogP contribution >= 0.6 is 0 Å². The van der Waals surface area contributed by atoms with Crippen molar-refractivity contribution in [2.75, 3.05) is 23.7 Å². The molecule has 0 spiro atoms. The quantitative estimate of drug-likeness (QED) is 0.316. The number of anilines is 2. The molecule has 3 aromatic carbocycles. The fourth-order valence-electron chi connectivity index (χ4n) is 5.00. The topological polar surface area (TPSA) is 115 Å². The van der Waals surface area contributed by atoms with Gasteiger partial charge in [0.15, 0.2) is 0 Å². The summed E-state index contributed by atoms with van der Waals surface area (Å²) < 4.78 is 6.78. The monoisotopic (exact) mass is 510 g/mol. The number of carbonyl (C=O) groups excluding carboxylic acids is 2. The van der Waals surface area contributed by atoms with E-state index in [1.54, 1.807) is 15.8 Å². The van der Waals surface area contributed by atoms with E-state index in [2.05, 4.69) is 52.1 Å². The van der Waals surface area contributed by atoms with E-state index in [0.29, 0.717) is 24.5 Å². The van der Waals surface area contributed by atoms with Crippen LogP contribution in [-0.4, -0.2) is 46.0 Å². The molecule has 9 heteroatoms. The zero-order valence-corrected chi connectivity index (χ0v) is 21.1. The van der Waals surface area contributed by atoms with Crippen LogP contribution in [0.5, 0.6) is 0 Å². The van der Waals surface area contributed by atoms with Crippen molar-refractivity contribution in [3.05, 3.63) is 114 Å². The molecule has 3 amide bonds. The van der Waals surface area contributed by atoms with E-state index in [-0.39, 0.29) is 12.6 Å². The van der Waals surface area contributed by atoms with Gasteiger partial charge in [-0.15, -0.1) is 0 Å². The second-order valence-electron chi connectivity index (χ2n) is 9.23. The molecule has 0 saturated carbocycles. The van der Waals surface area contributed by atoms with Crippen molar-refractivity contribution in [2.45, 2.75) is 18.1 Å². The van der Waals surface area contributed by atoms with Gasteiger partial charge in [-0.25, -0.2) is 9.59 Å². The minimum atomic E-state index is -0.838. The molecule has 38 heavy (non-hydrogen) atoms. The Bertz CT molecular complexity index is 1300. The third-order valence-electron chi connectivity index (χ3n) is 6.82. The van der Waals surface area contributed by atoms with E-state index in [1.165, 1.54) is 0 Å². The number of carbonyl (C=O) groups is 2. The number of hydrogen-bond acceptors (Lipinski definition) is 5. The Labute approximate surface area is 221 Å². The summed E-state index contributed by atoms with van der Waals surface area (Å²) in [6.45, 7) is 0.731. The molecule has 4 aromatic rings. The second-order valence-corrected chi connectivity index (χ2v) is 9.23. The average molecular weight is 511 g/mol. The molecule has 194 valence electrons. The number of rotatable bonds is 7. The van der Waals surface area contributed by atoms with Gasteiger partial charge >= 0.3 is 12.1 Å². The number of nitrogens with one attached hydrogen (secondary N) is 2. The van der Waals surface area contributed by atoms with Crippen LogP contribution in [0.2, 0.25) is 0 Å². The van der Waals surface area contributed by atoms with Crippen LogP contribution in [0.1, 0.15) is 23.1 Å². The third-order valence-corrected chi connectivity index (χ3v) is 6.82. The number of likely N-dealkylation sites (tertiary alicyclic amines) is 1. The standard InChI is InChI=1S/C29H30N6O3/c1-34-26(25(19-31-34)32-28(37)35-18-17-24(20-35)38-27(30)36)33-29(21-11-5-2-6-12-21,22-13-7-3-8-14-22)23-15-9-4-10-16-23/h2-16,19,24,33H,17-18,20H2,1H3,(H2,30,36)(H,32,37). The first kappa shape index (κ1) is 24.9. The summed E-state index contributed by atoms with van der Waals surface area (Å²) >= 11 is 0. The van der Waals surface area contributed by atoms with E-state index in [4.69, 9.17) is 10.5 Å². The van der Waals surface area contributed by atoms with Crippen molar-refractivity contribution in [1.82, 2.24) is 14.7 Å². The number of aryl methyl sites for hydroxylation is 1. The molecule has 1 unspecified atom stereocenters. The van der Waals surface area contributed by atoms with Crippen LogP contribution in [0, 0.1) is 0 Å². The number of primary amides is 1. The predicted molar refractivity (Wildman–Crippen MR) is 146 cm³/mol. The highest BCUT2D eigenvalue weighted by atomic mass is 16.6. The van der Waals surface area contributed by atoms with Crippen LogP contribution in [0.3, 0.4) is 0 Å². The Hall–Kier alpha value is -4.79. The Morgan fingerprint density at radius 3 is 1.95 bits per heavy atom. The van der Waals surface area contributed by atoms with Crippen molar-refractivity contribution in [2.24, 2.45) is 12.8 Å². The SMILES string of the molecule is Cn1ncc(NC(=O)N2CCC(OC(N)=O)C2)c1NC(c1ccccc1)(c1ccccc1)c1ccccc1. The average Bonchev–Trinajstić information content (AvgIpc) is 3.54. The lowest BCUT2D eigenvalue weighted by Gasteiger charge is -2.38. The lowest BCUT2D eigenvalue weighted by atomic mass is 9.77. The Kier molecular flexibility index (Phi) is 6.99. The summed E-state index contributed by atoms with van der Waals surface area (Å²) in [5.41, 5.74) is 7.98. The Morgan fingerprint density at radius 2 is 1.45 bits per heavy atom. The fourth-order valence-corrected chi connectivity index (χ4v) is 5.00. The minimum absolute atomic E-state index is 0.278. The molecule has 1 aliphatic heterocycles. The Balaban J connectivity index is 1.53. The molecule has 0 bridgehead atoms. The number of amides is 3. The van der Waals surface area contributed by atoms with Crippen molar-refractivity contribution in [3.63, 3.8) is 0 Å². The highest BCUT2D eigenvalue weighted by Gasteiger charge is 2.38. The van der Waals surface area contributed by atoms with Crippen LogP contribution < -0.4 is 16.4 Å². The molecule has 5 rings (SSSR count). The molecule has 4 N–H and O–H groups in total. The first-order valence-electron chi connectivity index (χ1n) is 12.5. The van der Waals surface area contributed by atoms with E-state index in [9.17, 15) is 9.59 Å². The predicted octanol–water partition coefficient (Wildman–Crippen LogP) is 4.53. The zero-order chi connectivity index (χ0) is 26.5. The maximum Gasteiger partial charge on any atom is 0.404 e. The summed E-state index contributed by atoms with van der Waals surface area (Å²) in [4.78, 5) is 25.9. The first-order valence-corrected chi connectivity index (χ1v) is 12.5. The largest absolute Gasteiger partial charge is 0.444 e. The second kappa shape index (κ2) is 10.7. The maximum atomic E-state index is 13.2. The van der Waals surface area contributed by atoms with Crippen molar-refractivity contribution < 1.29 is 14.3 Å². The smallest absolute Gasteiger partial charge is 0.404 e. The van der Waals surface area contributed by atoms with Crippen molar-refractivity contribution >= 4 is 23.6 Å². The van der Waals surface area contributed by atoms with Crippen molar-refractivity contribution in [1.29, 1.82) is 0 Å². The number of nitrogens with zero attached hydrogens (tertiary/aromatic N) is 3. The molecule has 0 radical (unpaired) electrons. The van der Waals surface area contributed by atoms with Gasteiger partial charge in [0.25, 0.3) is 0 Å². The molecule has 1 saturated heterocycles. The van der Waals surface area contributed by atoms with Crippen LogP contribution in [0.25, 0.3) is 0 Å².